The normalized spacial score (nSPS) is 11.5. The fraction of sp³-hybridized carbons (Fsp3) is 0.138. The molecule has 0 radical (unpaired) electrons. The number of rotatable bonds is 8. The van der Waals surface area contributed by atoms with Crippen molar-refractivity contribution in [2.24, 2.45) is 0 Å². The summed E-state index contributed by atoms with van der Waals surface area (Å²) in [6.07, 6.45) is -1.76. The lowest BCUT2D eigenvalue weighted by Crippen LogP contribution is -2.32. The van der Waals surface area contributed by atoms with Gasteiger partial charge in [-0.2, -0.15) is 0 Å². The highest BCUT2D eigenvalue weighted by Gasteiger charge is 2.22. The van der Waals surface area contributed by atoms with Crippen molar-refractivity contribution >= 4 is 45.3 Å². The number of hydrogen-bond acceptors (Lipinski definition) is 6. The molecule has 7 nitrogen and oxygen atoms in total. The van der Waals surface area contributed by atoms with E-state index in [4.69, 9.17) is 14.2 Å². The standard InChI is InChI=1S/C29H25NO6/c1-19(2)27(31)34-17-22(36-28(32)25-15-7-11-20-9-3-5-13-23(20)25)18-35-29(33)30-26-16-8-12-21-10-4-6-14-24(21)26/h3-16,22H,1,17-18H2,2H3,(H,30,33). The highest BCUT2D eigenvalue weighted by molar-refractivity contribution is 6.04. The minimum absolute atomic E-state index is 0.198. The highest BCUT2D eigenvalue weighted by atomic mass is 16.6. The lowest BCUT2D eigenvalue weighted by Gasteiger charge is -2.19. The Bertz CT molecular complexity index is 1430. The predicted octanol–water partition coefficient (Wildman–Crippen LogP) is 5.89. The number of hydrogen-bond donors (Lipinski definition) is 1. The quantitative estimate of drug-likeness (QED) is 0.191. The van der Waals surface area contributed by atoms with Crippen LogP contribution < -0.4 is 5.32 Å². The Hall–Kier alpha value is -4.65. The van der Waals surface area contributed by atoms with Crippen LogP contribution >= 0.6 is 0 Å². The van der Waals surface area contributed by atoms with Crippen LogP contribution in [0, 0.1) is 0 Å². The van der Waals surface area contributed by atoms with Crippen LogP contribution in [0.3, 0.4) is 0 Å². The Kier molecular flexibility index (Phi) is 7.60. The molecule has 0 saturated carbocycles. The minimum atomic E-state index is -1.03. The second-order valence-electron chi connectivity index (χ2n) is 8.18. The summed E-state index contributed by atoms with van der Waals surface area (Å²) in [5.74, 6) is -1.26. The van der Waals surface area contributed by atoms with Gasteiger partial charge in [-0.15, -0.1) is 0 Å². The van der Waals surface area contributed by atoms with Crippen LogP contribution in [0.5, 0.6) is 0 Å². The van der Waals surface area contributed by atoms with Crippen molar-refractivity contribution in [1.29, 1.82) is 0 Å². The first-order chi connectivity index (χ1) is 17.4. The molecule has 0 aliphatic heterocycles. The first-order valence-electron chi connectivity index (χ1n) is 11.4. The fourth-order valence-electron chi connectivity index (χ4n) is 3.68. The summed E-state index contributed by atoms with van der Waals surface area (Å²) in [6.45, 7) is 4.43. The van der Waals surface area contributed by atoms with E-state index < -0.39 is 24.1 Å². The third kappa shape index (κ3) is 5.88. The molecule has 4 aromatic carbocycles. The van der Waals surface area contributed by atoms with Crippen molar-refractivity contribution in [1.82, 2.24) is 0 Å². The largest absolute Gasteiger partial charge is 0.458 e. The lowest BCUT2D eigenvalue weighted by molar-refractivity contribution is -0.142. The molecule has 36 heavy (non-hydrogen) atoms. The Labute approximate surface area is 208 Å². The number of carbonyl (C=O) groups is 3. The molecule has 4 aromatic rings. The predicted molar refractivity (Wildman–Crippen MR) is 138 cm³/mol. The van der Waals surface area contributed by atoms with Crippen molar-refractivity contribution in [3.05, 3.63) is 103 Å². The van der Waals surface area contributed by atoms with Crippen LogP contribution in [0.4, 0.5) is 10.5 Å². The van der Waals surface area contributed by atoms with Gasteiger partial charge in [-0.05, 0) is 35.2 Å². The summed E-state index contributed by atoms with van der Waals surface area (Å²) in [7, 11) is 0. The van der Waals surface area contributed by atoms with E-state index in [1.165, 1.54) is 6.92 Å². The third-order valence-electron chi connectivity index (χ3n) is 5.46. The summed E-state index contributed by atoms with van der Waals surface area (Å²) in [4.78, 5) is 37.4. The van der Waals surface area contributed by atoms with Crippen molar-refractivity contribution in [2.45, 2.75) is 13.0 Å². The van der Waals surface area contributed by atoms with Crippen LogP contribution in [0.25, 0.3) is 21.5 Å². The van der Waals surface area contributed by atoms with Crippen molar-refractivity contribution in [2.75, 3.05) is 18.5 Å². The second kappa shape index (κ2) is 11.2. The van der Waals surface area contributed by atoms with E-state index >= 15 is 0 Å². The van der Waals surface area contributed by atoms with E-state index in [1.54, 1.807) is 18.2 Å². The highest BCUT2D eigenvalue weighted by Crippen LogP contribution is 2.23. The number of ether oxygens (including phenoxy) is 3. The van der Waals surface area contributed by atoms with Crippen LogP contribution in [0.15, 0.2) is 97.1 Å². The average Bonchev–Trinajstić information content (AvgIpc) is 2.89. The number of anilines is 1. The number of nitrogens with one attached hydrogen (secondary N) is 1. The molecule has 0 spiro atoms. The molecule has 1 N–H and O–H groups in total. The third-order valence-corrected chi connectivity index (χ3v) is 5.46. The zero-order chi connectivity index (χ0) is 25.5. The van der Waals surface area contributed by atoms with E-state index in [2.05, 4.69) is 11.9 Å². The molecule has 1 unspecified atom stereocenters. The SMILES string of the molecule is C=C(C)C(=O)OCC(COC(=O)Nc1cccc2ccccc12)OC(=O)c1cccc2ccccc12. The van der Waals surface area contributed by atoms with Gasteiger partial charge in [0.25, 0.3) is 0 Å². The van der Waals surface area contributed by atoms with Crippen LogP contribution in [0.1, 0.15) is 17.3 Å². The Morgan fingerprint density at radius 2 is 1.36 bits per heavy atom. The molecule has 4 rings (SSSR count). The van der Waals surface area contributed by atoms with Gasteiger partial charge >= 0.3 is 18.0 Å². The Morgan fingerprint density at radius 3 is 2.08 bits per heavy atom. The molecule has 1 amide bonds. The van der Waals surface area contributed by atoms with E-state index in [1.807, 2.05) is 66.7 Å². The summed E-state index contributed by atoms with van der Waals surface area (Å²) < 4.78 is 16.1. The summed E-state index contributed by atoms with van der Waals surface area (Å²) in [5.41, 5.74) is 1.13. The van der Waals surface area contributed by atoms with Gasteiger partial charge < -0.3 is 14.2 Å². The van der Waals surface area contributed by atoms with Gasteiger partial charge in [-0.1, -0.05) is 79.4 Å². The molecule has 0 aliphatic carbocycles. The molecule has 7 heteroatoms. The molecule has 1 atom stereocenters. The van der Waals surface area contributed by atoms with Gasteiger partial charge in [0.05, 0.1) is 11.3 Å². The monoisotopic (exact) mass is 483 g/mol. The van der Waals surface area contributed by atoms with Gasteiger partial charge in [0.15, 0.2) is 6.10 Å². The molecular formula is C29H25NO6. The van der Waals surface area contributed by atoms with E-state index in [0.717, 1.165) is 21.5 Å². The van der Waals surface area contributed by atoms with Gasteiger partial charge in [-0.25, -0.2) is 14.4 Å². The molecule has 182 valence electrons. The van der Waals surface area contributed by atoms with Crippen molar-refractivity contribution < 1.29 is 28.6 Å². The summed E-state index contributed by atoms with van der Waals surface area (Å²) >= 11 is 0. The van der Waals surface area contributed by atoms with Crippen molar-refractivity contribution in [3.63, 3.8) is 0 Å². The van der Waals surface area contributed by atoms with Crippen LogP contribution in [0.2, 0.25) is 0 Å². The smallest absolute Gasteiger partial charge is 0.411 e. The Morgan fingerprint density at radius 1 is 0.778 bits per heavy atom. The summed E-state index contributed by atoms with van der Waals surface area (Å²) in [6, 6.07) is 25.8. The van der Waals surface area contributed by atoms with E-state index in [9.17, 15) is 14.4 Å². The van der Waals surface area contributed by atoms with Gasteiger partial charge in [0.1, 0.15) is 13.2 Å². The Balaban J connectivity index is 1.46. The molecule has 0 bridgehead atoms. The number of carbonyl (C=O) groups excluding carboxylic acids is 3. The first-order valence-corrected chi connectivity index (χ1v) is 11.4. The number of benzene rings is 4. The number of fused-ring (bicyclic) bond motifs is 2. The van der Waals surface area contributed by atoms with Crippen LogP contribution in [-0.2, 0) is 19.0 Å². The molecular weight excluding hydrogens is 458 g/mol. The van der Waals surface area contributed by atoms with Crippen LogP contribution in [-0.4, -0.2) is 37.3 Å². The molecule has 0 saturated heterocycles. The number of amides is 1. The second-order valence-corrected chi connectivity index (χ2v) is 8.18. The minimum Gasteiger partial charge on any atom is -0.458 e. The maximum Gasteiger partial charge on any atom is 0.411 e. The van der Waals surface area contributed by atoms with E-state index in [-0.39, 0.29) is 18.8 Å². The first kappa shape index (κ1) is 24.5. The maximum absolute atomic E-state index is 13.0. The number of esters is 2. The van der Waals surface area contributed by atoms with Crippen molar-refractivity contribution in [3.8, 4) is 0 Å². The fourth-order valence-corrected chi connectivity index (χ4v) is 3.68. The average molecular weight is 484 g/mol. The maximum atomic E-state index is 13.0. The molecule has 0 fully saturated rings. The molecule has 0 aromatic heterocycles. The molecule has 0 heterocycles. The zero-order valence-corrected chi connectivity index (χ0v) is 19.7. The lowest BCUT2D eigenvalue weighted by atomic mass is 10.0. The van der Waals surface area contributed by atoms with Gasteiger partial charge in [-0.3, -0.25) is 5.32 Å². The summed E-state index contributed by atoms with van der Waals surface area (Å²) in [5, 5.41) is 6.12. The zero-order valence-electron chi connectivity index (χ0n) is 19.7. The van der Waals surface area contributed by atoms with Gasteiger partial charge in [0.2, 0.25) is 0 Å². The topological polar surface area (TPSA) is 90.9 Å². The van der Waals surface area contributed by atoms with Gasteiger partial charge in [0, 0.05) is 11.0 Å². The molecule has 0 aliphatic rings. The van der Waals surface area contributed by atoms with E-state index in [0.29, 0.717) is 11.3 Å².